The lowest BCUT2D eigenvalue weighted by Crippen LogP contribution is -2.41. The summed E-state index contributed by atoms with van der Waals surface area (Å²) in [6, 6.07) is -0.859. The van der Waals surface area contributed by atoms with Gasteiger partial charge in [0.2, 0.25) is 11.8 Å². The molecule has 0 heterocycles. The molecule has 0 aliphatic heterocycles. The number of hydrogen-bond acceptors (Lipinski definition) is 4. The fraction of sp³-hybridized carbons (Fsp3) is 0.727. The SMILES string of the molecule is CCN(CC)C(=O)CN(C)CCC(=O)NC(N)=O. The third kappa shape index (κ3) is 6.85. The van der Waals surface area contributed by atoms with E-state index in [1.165, 1.54) is 0 Å². The molecule has 0 bridgehead atoms. The Morgan fingerprint density at radius 3 is 2.17 bits per heavy atom. The number of likely N-dealkylation sites (N-methyl/N-ethyl adjacent to an activating group) is 2. The van der Waals surface area contributed by atoms with Gasteiger partial charge in [0, 0.05) is 26.1 Å². The van der Waals surface area contributed by atoms with Crippen LogP contribution in [0.1, 0.15) is 20.3 Å². The van der Waals surface area contributed by atoms with E-state index in [-0.39, 0.29) is 18.9 Å². The molecular weight excluding hydrogens is 236 g/mol. The maximum absolute atomic E-state index is 11.7. The van der Waals surface area contributed by atoms with Crippen LogP contribution in [0.3, 0.4) is 0 Å². The molecule has 18 heavy (non-hydrogen) atoms. The van der Waals surface area contributed by atoms with Gasteiger partial charge in [0.1, 0.15) is 0 Å². The molecule has 0 radical (unpaired) electrons. The maximum Gasteiger partial charge on any atom is 0.318 e. The average molecular weight is 258 g/mol. The summed E-state index contributed by atoms with van der Waals surface area (Å²) in [5.74, 6) is -0.414. The van der Waals surface area contributed by atoms with Gasteiger partial charge in [-0.1, -0.05) is 0 Å². The van der Waals surface area contributed by atoms with Crippen molar-refractivity contribution in [3.8, 4) is 0 Å². The number of imide groups is 1. The minimum Gasteiger partial charge on any atom is -0.351 e. The smallest absolute Gasteiger partial charge is 0.318 e. The molecule has 0 aliphatic rings. The minimum atomic E-state index is -0.859. The fourth-order valence-corrected chi connectivity index (χ4v) is 1.48. The van der Waals surface area contributed by atoms with Crippen LogP contribution in [0, 0.1) is 0 Å². The van der Waals surface area contributed by atoms with E-state index in [1.807, 2.05) is 19.2 Å². The van der Waals surface area contributed by atoms with Crippen LogP contribution in [-0.4, -0.2) is 60.9 Å². The number of amides is 4. The van der Waals surface area contributed by atoms with E-state index in [2.05, 4.69) is 0 Å². The van der Waals surface area contributed by atoms with Crippen molar-refractivity contribution in [3.63, 3.8) is 0 Å². The predicted molar refractivity (Wildman–Crippen MR) is 67.8 cm³/mol. The van der Waals surface area contributed by atoms with Crippen molar-refractivity contribution in [3.05, 3.63) is 0 Å². The van der Waals surface area contributed by atoms with Crippen LogP contribution in [0.5, 0.6) is 0 Å². The quantitative estimate of drug-likeness (QED) is 0.635. The summed E-state index contributed by atoms with van der Waals surface area (Å²) in [6.07, 6.45) is 0.130. The highest BCUT2D eigenvalue weighted by atomic mass is 16.2. The molecule has 0 unspecified atom stereocenters. The van der Waals surface area contributed by atoms with Crippen LogP contribution >= 0.6 is 0 Å². The highest BCUT2D eigenvalue weighted by Crippen LogP contribution is 1.94. The molecule has 0 aromatic carbocycles. The molecular formula is C11H22N4O3. The first-order valence-corrected chi connectivity index (χ1v) is 5.96. The standard InChI is InChI=1S/C11H22N4O3/c1-4-15(5-2)10(17)8-14(3)7-6-9(16)13-11(12)18/h4-8H2,1-3H3,(H3,12,13,16,18). The molecule has 104 valence electrons. The molecule has 4 amide bonds. The molecule has 0 saturated heterocycles. The van der Waals surface area contributed by atoms with E-state index in [0.29, 0.717) is 19.6 Å². The number of rotatable bonds is 7. The molecule has 0 aromatic heterocycles. The second kappa shape index (κ2) is 8.46. The second-order valence-corrected chi connectivity index (χ2v) is 3.97. The summed E-state index contributed by atoms with van der Waals surface area (Å²) in [4.78, 5) is 36.8. The zero-order valence-electron chi connectivity index (χ0n) is 11.2. The summed E-state index contributed by atoms with van der Waals surface area (Å²) in [5, 5.41) is 1.97. The van der Waals surface area contributed by atoms with Crippen molar-refractivity contribution >= 4 is 17.8 Å². The molecule has 7 nitrogen and oxygen atoms in total. The molecule has 0 atom stereocenters. The first kappa shape index (κ1) is 16.4. The Labute approximate surface area is 107 Å². The lowest BCUT2D eigenvalue weighted by molar-refractivity contribution is -0.132. The third-order valence-corrected chi connectivity index (χ3v) is 2.50. The Morgan fingerprint density at radius 2 is 1.72 bits per heavy atom. The Morgan fingerprint density at radius 1 is 1.17 bits per heavy atom. The number of hydrogen-bond donors (Lipinski definition) is 2. The predicted octanol–water partition coefficient (Wildman–Crippen LogP) is -0.628. The van der Waals surface area contributed by atoms with Gasteiger partial charge >= 0.3 is 6.03 Å². The van der Waals surface area contributed by atoms with Crippen molar-refractivity contribution in [2.75, 3.05) is 33.2 Å². The summed E-state index contributed by atoms with van der Waals surface area (Å²) in [7, 11) is 1.75. The summed E-state index contributed by atoms with van der Waals surface area (Å²) >= 11 is 0. The topological polar surface area (TPSA) is 95.7 Å². The largest absolute Gasteiger partial charge is 0.351 e. The van der Waals surface area contributed by atoms with Gasteiger partial charge in [-0.2, -0.15) is 0 Å². The minimum absolute atomic E-state index is 0.0257. The molecule has 0 rings (SSSR count). The summed E-state index contributed by atoms with van der Waals surface area (Å²) in [5.41, 5.74) is 4.81. The van der Waals surface area contributed by atoms with E-state index in [9.17, 15) is 14.4 Å². The number of primary amides is 1. The van der Waals surface area contributed by atoms with Crippen molar-refractivity contribution in [2.24, 2.45) is 5.73 Å². The van der Waals surface area contributed by atoms with Crippen molar-refractivity contribution in [1.29, 1.82) is 0 Å². The molecule has 7 heteroatoms. The number of nitrogens with two attached hydrogens (primary N) is 1. The lowest BCUT2D eigenvalue weighted by atomic mass is 10.3. The first-order valence-electron chi connectivity index (χ1n) is 5.96. The molecule has 0 fully saturated rings. The van der Waals surface area contributed by atoms with Crippen molar-refractivity contribution in [2.45, 2.75) is 20.3 Å². The van der Waals surface area contributed by atoms with Crippen LogP contribution in [0.4, 0.5) is 4.79 Å². The monoisotopic (exact) mass is 258 g/mol. The lowest BCUT2D eigenvalue weighted by Gasteiger charge is -2.22. The number of nitrogens with one attached hydrogen (secondary N) is 1. The Kier molecular flexibility index (Phi) is 7.69. The van der Waals surface area contributed by atoms with Gasteiger partial charge in [-0.15, -0.1) is 0 Å². The van der Waals surface area contributed by atoms with Gasteiger partial charge in [-0.05, 0) is 20.9 Å². The summed E-state index contributed by atoms with van der Waals surface area (Å²) in [6.45, 7) is 5.83. The molecule has 0 aliphatic carbocycles. The average Bonchev–Trinajstić information content (AvgIpc) is 2.27. The Balaban J connectivity index is 3.97. The van der Waals surface area contributed by atoms with Crippen LogP contribution < -0.4 is 11.1 Å². The van der Waals surface area contributed by atoms with Crippen LogP contribution in [-0.2, 0) is 9.59 Å². The molecule has 3 N–H and O–H groups in total. The van der Waals surface area contributed by atoms with Crippen LogP contribution in [0.15, 0.2) is 0 Å². The van der Waals surface area contributed by atoms with Gasteiger partial charge < -0.3 is 10.6 Å². The van der Waals surface area contributed by atoms with E-state index in [1.54, 1.807) is 16.8 Å². The number of carbonyl (C=O) groups is 3. The fourth-order valence-electron chi connectivity index (χ4n) is 1.48. The van der Waals surface area contributed by atoms with Crippen LogP contribution in [0.25, 0.3) is 0 Å². The van der Waals surface area contributed by atoms with Gasteiger partial charge in [-0.3, -0.25) is 19.8 Å². The third-order valence-electron chi connectivity index (χ3n) is 2.50. The zero-order chi connectivity index (χ0) is 14.1. The molecule has 0 aromatic rings. The van der Waals surface area contributed by atoms with E-state index in [0.717, 1.165) is 0 Å². The van der Waals surface area contributed by atoms with Crippen LogP contribution in [0.2, 0.25) is 0 Å². The first-order chi connectivity index (χ1) is 8.40. The van der Waals surface area contributed by atoms with Gasteiger partial charge in [-0.25, -0.2) is 4.79 Å². The Bertz CT molecular complexity index is 303. The molecule has 0 saturated carbocycles. The van der Waals surface area contributed by atoms with E-state index >= 15 is 0 Å². The highest BCUT2D eigenvalue weighted by molar-refractivity contribution is 5.93. The second-order valence-electron chi connectivity index (χ2n) is 3.97. The van der Waals surface area contributed by atoms with E-state index < -0.39 is 11.9 Å². The number of urea groups is 1. The normalized spacial score (nSPS) is 10.2. The highest BCUT2D eigenvalue weighted by Gasteiger charge is 2.13. The van der Waals surface area contributed by atoms with Gasteiger partial charge in [0.25, 0.3) is 0 Å². The summed E-state index contributed by atoms with van der Waals surface area (Å²) < 4.78 is 0. The van der Waals surface area contributed by atoms with Gasteiger partial charge in [0.05, 0.1) is 6.54 Å². The molecule has 0 spiro atoms. The van der Waals surface area contributed by atoms with Gasteiger partial charge in [0.15, 0.2) is 0 Å². The maximum atomic E-state index is 11.7. The Hall–Kier alpha value is -1.63. The number of carbonyl (C=O) groups excluding carboxylic acids is 3. The number of nitrogens with zero attached hydrogens (tertiary/aromatic N) is 2. The van der Waals surface area contributed by atoms with Crippen molar-refractivity contribution in [1.82, 2.24) is 15.1 Å². The van der Waals surface area contributed by atoms with Crippen molar-refractivity contribution < 1.29 is 14.4 Å². The zero-order valence-corrected chi connectivity index (χ0v) is 11.2. The van der Waals surface area contributed by atoms with E-state index in [4.69, 9.17) is 5.73 Å².